The molecule has 1 fully saturated rings. The lowest BCUT2D eigenvalue weighted by Crippen LogP contribution is -2.52. The molecule has 98 valence electrons. The van der Waals surface area contributed by atoms with Crippen molar-refractivity contribution in [3.8, 4) is 0 Å². The molecule has 1 N–H and O–H groups in total. The molecule has 1 saturated heterocycles. The zero-order valence-corrected chi connectivity index (χ0v) is 13.0. The standard InChI is InChI=1S/C12H15ClIN3O/c1-16-4-6-17(7-5-16)15-12(18)10-8-9(13)2-3-11(10)14/h2-3,8H,4-7H2,1H3,(H,15,18). The summed E-state index contributed by atoms with van der Waals surface area (Å²) in [6.07, 6.45) is 0. The Morgan fingerprint density at radius 1 is 1.33 bits per heavy atom. The third-order valence-corrected chi connectivity index (χ3v) is 4.11. The van der Waals surface area contributed by atoms with Crippen LogP contribution < -0.4 is 5.43 Å². The van der Waals surface area contributed by atoms with Crippen molar-refractivity contribution in [1.29, 1.82) is 0 Å². The molecule has 0 radical (unpaired) electrons. The number of benzene rings is 1. The summed E-state index contributed by atoms with van der Waals surface area (Å²) in [6, 6.07) is 5.34. The number of carbonyl (C=O) groups excluding carboxylic acids is 1. The topological polar surface area (TPSA) is 35.6 Å². The number of hydrogen-bond acceptors (Lipinski definition) is 3. The van der Waals surface area contributed by atoms with E-state index in [1.165, 1.54) is 0 Å². The van der Waals surface area contributed by atoms with Crippen molar-refractivity contribution >= 4 is 40.1 Å². The van der Waals surface area contributed by atoms with E-state index in [1.807, 2.05) is 11.1 Å². The lowest BCUT2D eigenvalue weighted by molar-refractivity contribution is 0.0661. The number of piperazine rings is 1. The Morgan fingerprint density at radius 3 is 2.67 bits per heavy atom. The van der Waals surface area contributed by atoms with Crippen molar-refractivity contribution in [3.05, 3.63) is 32.4 Å². The third kappa shape index (κ3) is 3.57. The number of hydrazine groups is 1. The molecule has 2 rings (SSSR count). The van der Waals surface area contributed by atoms with Crippen LogP contribution in [-0.4, -0.2) is 49.0 Å². The molecule has 1 heterocycles. The van der Waals surface area contributed by atoms with Gasteiger partial charge in [-0.2, -0.15) is 0 Å². The highest BCUT2D eigenvalue weighted by molar-refractivity contribution is 14.1. The van der Waals surface area contributed by atoms with Gasteiger partial charge in [0.15, 0.2) is 0 Å². The number of amides is 1. The van der Waals surface area contributed by atoms with E-state index in [0.29, 0.717) is 10.6 Å². The minimum atomic E-state index is -0.0912. The van der Waals surface area contributed by atoms with Gasteiger partial charge >= 0.3 is 0 Å². The predicted molar refractivity (Wildman–Crippen MR) is 80.7 cm³/mol. The average molecular weight is 380 g/mol. The molecule has 1 aliphatic rings. The van der Waals surface area contributed by atoms with Crippen LogP contribution in [0.1, 0.15) is 10.4 Å². The SMILES string of the molecule is CN1CCN(NC(=O)c2cc(Cl)ccc2I)CC1. The van der Waals surface area contributed by atoms with E-state index < -0.39 is 0 Å². The summed E-state index contributed by atoms with van der Waals surface area (Å²) < 4.78 is 0.906. The Balaban J connectivity index is 2.01. The van der Waals surface area contributed by atoms with Crippen molar-refractivity contribution < 1.29 is 4.79 Å². The summed E-state index contributed by atoms with van der Waals surface area (Å²) in [5.74, 6) is -0.0912. The molecule has 1 amide bonds. The van der Waals surface area contributed by atoms with Gasteiger partial charge in [0.1, 0.15) is 0 Å². The van der Waals surface area contributed by atoms with Crippen LogP contribution in [0.25, 0.3) is 0 Å². The smallest absolute Gasteiger partial charge is 0.266 e. The second-order valence-electron chi connectivity index (χ2n) is 4.36. The fourth-order valence-corrected chi connectivity index (χ4v) is 2.55. The highest BCUT2D eigenvalue weighted by Crippen LogP contribution is 2.18. The van der Waals surface area contributed by atoms with Crippen LogP contribution in [0.2, 0.25) is 5.02 Å². The fourth-order valence-electron chi connectivity index (χ4n) is 1.79. The molecule has 0 bridgehead atoms. The minimum absolute atomic E-state index is 0.0912. The van der Waals surface area contributed by atoms with Gasteiger partial charge < -0.3 is 4.90 Å². The summed E-state index contributed by atoms with van der Waals surface area (Å²) in [4.78, 5) is 14.4. The zero-order chi connectivity index (χ0) is 13.1. The first kappa shape index (κ1) is 14.0. The number of rotatable bonds is 2. The van der Waals surface area contributed by atoms with Gasteiger partial charge in [-0.05, 0) is 47.8 Å². The van der Waals surface area contributed by atoms with Crippen LogP contribution in [0.4, 0.5) is 0 Å². The molecule has 6 heteroatoms. The average Bonchev–Trinajstić information content (AvgIpc) is 2.35. The lowest BCUT2D eigenvalue weighted by Gasteiger charge is -2.32. The lowest BCUT2D eigenvalue weighted by atomic mass is 10.2. The first-order chi connectivity index (χ1) is 8.56. The first-order valence-electron chi connectivity index (χ1n) is 5.76. The van der Waals surface area contributed by atoms with E-state index in [-0.39, 0.29) is 5.91 Å². The van der Waals surface area contributed by atoms with Crippen LogP contribution in [0.3, 0.4) is 0 Å². The minimum Gasteiger partial charge on any atom is -0.304 e. The van der Waals surface area contributed by atoms with Crippen LogP contribution in [0.5, 0.6) is 0 Å². The maximum atomic E-state index is 12.1. The van der Waals surface area contributed by atoms with Crippen molar-refractivity contribution in [3.63, 3.8) is 0 Å². The van der Waals surface area contributed by atoms with Gasteiger partial charge in [-0.1, -0.05) is 11.6 Å². The van der Waals surface area contributed by atoms with Crippen LogP contribution >= 0.6 is 34.2 Å². The molecule has 4 nitrogen and oxygen atoms in total. The van der Waals surface area contributed by atoms with Crippen molar-refractivity contribution in [2.45, 2.75) is 0 Å². The summed E-state index contributed by atoms with van der Waals surface area (Å²) >= 11 is 8.06. The summed E-state index contributed by atoms with van der Waals surface area (Å²) in [5.41, 5.74) is 3.55. The van der Waals surface area contributed by atoms with E-state index in [2.05, 4.69) is 40.0 Å². The Labute approximate surface area is 125 Å². The number of likely N-dealkylation sites (N-methyl/N-ethyl adjacent to an activating group) is 1. The predicted octanol–water partition coefficient (Wildman–Crippen LogP) is 1.84. The monoisotopic (exact) mass is 379 g/mol. The number of hydrogen-bond donors (Lipinski definition) is 1. The highest BCUT2D eigenvalue weighted by atomic mass is 127. The van der Waals surface area contributed by atoms with Gasteiger partial charge in [-0.3, -0.25) is 10.2 Å². The van der Waals surface area contributed by atoms with Crippen LogP contribution in [0, 0.1) is 3.57 Å². The molecular formula is C12H15ClIN3O. The molecule has 1 aromatic rings. The fraction of sp³-hybridized carbons (Fsp3) is 0.417. The van der Waals surface area contributed by atoms with Crippen molar-refractivity contribution in [1.82, 2.24) is 15.3 Å². The summed E-state index contributed by atoms with van der Waals surface area (Å²) in [7, 11) is 2.08. The van der Waals surface area contributed by atoms with E-state index >= 15 is 0 Å². The second-order valence-corrected chi connectivity index (χ2v) is 5.95. The Morgan fingerprint density at radius 2 is 2.00 bits per heavy atom. The molecule has 0 aliphatic carbocycles. The maximum absolute atomic E-state index is 12.1. The number of nitrogens with one attached hydrogen (secondary N) is 1. The quantitative estimate of drug-likeness (QED) is 0.797. The van der Waals surface area contributed by atoms with E-state index in [1.54, 1.807) is 12.1 Å². The molecule has 1 aromatic carbocycles. The normalized spacial score (nSPS) is 17.7. The molecule has 0 aromatic heterocycles. The van der Waals surface area contributed by atoms with E-state index in [0.717, 1.165) is 29.7 Å². The van der Waals surface area contributed by atoms with Gasteiger partial charge in [-0.25, -0.2) is 5.01 Å². The van der Waals surface area contributed by atoms with E-state index in [4.69, 9.17) is 11.6 Å². The number of carbonyl (C=O) groups is 1. The van der Waals surface area contributed by atoms with Gasteiger partial charge in [0.2, 0.25) is 0 Å². The molecule has 0 unspecified atom stereocenters. The highest BCUT2D eigenvalue weighted by Gasteiger charge is 2.18. The van der Waals surface area contributed by atoms with Crippen molar-refractivity contribution in [2.75, 3.05) is 33.2 Å². The molecule has 0 spiro atoms. The molecule has 1 aliphatic heterocycles. The molecular weight excluding hydrogens is 365 g/mol. The maximum Gasteiger partial charge on any atom is 0.266 e. The van der Waals surface area contributed by atoms with Gasteiger partial charge in [-0.15, -0.1) is 0 Å². The number of halogens is 2. The Hall–Kier alpha value is -0.370. The first-order valence-corrected chi connectivity index (χ1v) is 7.21. The van der Waals surface area contributed by atoms with Crippen LogP contribution in [0.15, 0.2) is 18.2 Å². The largest absolute Gasteiger partial charge is 0.304 e. The van der Waals surface area contributed by atoms with Crippen LogP contribution in [-0.2, 0) is 0 Å². The molecule has 18 heavy (non-hydrogen) atoms. The van der Waals surface area contributed by atoms with E-state index in [9.17, 15) is 4.79 Å². The summed E-state index contributed by atoms with van der Waals surface area (Å²) in [6.45, 7) is 3.62. The van der Waals surface area contributed by atoms with Crippen molar-refractivity contribution in [2.24, 2.45) is 0 Å². The second kappa shape index (κ2) is 6.18. The van der Waals surface area contributed by atoms with Gasteiger partial charge in [0.25, 0.3) is 5.91 Å². The Kier molecular flexibility index (Phi) is 4.83. The summed E-state index contributed by atoms with van der Waals surface area (Å²) in [5, 5.41) is 2.54. The molecule has 0 atom stereocenters. The molecule has 0 saturated carbocycles. The van der Waals surface area contributed by atoms with Gasteiger partial charge in [0, 0.05) is 34.8 Å². The number of nitrogens with zero attached hydrogens (tertiary/aromatic N) is 2. The Bertz CT molecular complexity index is 447. The third-order valence-electron chi connectivity index (χ3n) is 2.94. The zero-order valence-electron chi connectivity index (χ0n) is 10.1. The van der Waals surface area contributed by atoms with Gasteiger partial charge in [0.05, 0.1) is 5.56 Å².